The van der Waals surface area contributed by atoms with Gasteiger partial charge in [-0.3, -0.25) is 0 Å². The van der Waals surface area contributed by atoms with Crippen LogP contribution in [0.25, 0.3) is 0 Å². The predicted octanol–water partition coefficient (Wildman–Crippen LogP) is 5.09. The highest BCUT2D eigenvalue weighted by atomic mass is 16.1. The number of hydrogen-bond donors (Lipinski definition) is 0. The molecule has 0 N–H and O–H groups in total. The zero-order chi connectivity index (χ0) is 11.9. The van der Waals surface area contributed by atoms with Crippen molar-refractivity contribution in [2.45, 2.75) is 84.0 Å². The van der Waals surface area contributed by atoms with Crippen molar-refractivity contribution in [3.05, 3.63) is 6.42 Å². The van der Waals surface area contributed by atoms with E-state index in [2.05, 4.69) is 13.3 Å². The van der Waals surface area contributed by atoms with Crippen LogP contribution in [0.4, 0.5) is 0 Å². The van der Waals surface area contributed by atoms with Gasteiger partial charge >= 0.3 is 0 Å². The Morgan fingerprint density at radius 3 is 1.81 bits per heavy atom. The first kappa shape index (κ1) is 15.7. The maximum absolute atomic E-state index is 10.1. The first-order valence-electron chi connectivity index (χ1n) is 7.17. The summed E-state index contributed by atoms with van der Waals surface area (Å²) in [7, 11) is 0. The Hall–Kier alpha value is -0.330. The number of aldehydes is 1. The molecule has 0 fully saturated rings. The molecule has 0 aromatic rings. The van der Waals surface area contributed by atoms with E-state index in [0.717, 1.165) is 12.7 Å². The number of carbonyl (C=O) groups excluding carboxylic acids is 1. The van der Waals surface area contributed by atoms with Crippen LogP contribution in [0.2, 0.25) is 0 Å². The SMILES string of the molecule is CCCCCCCCCCC[CH]CCC=O. The summed E-state index contributed by atoms with van der Waals surface area (Å²) in [6, 6.07) is 0. The van der Waals surface area contributed by atoms with Crippen molar-refractivity contribution in [3.8, 4) is 0 Å². The van der Waals surface area contributed by atoms with Gasteiger partial charge in [0, 0.05) is 6.42 Å². The summed E-state index contributed by atoms with van der Waals surface area (Å²) in [5.41, 5.74) is 0. The Balaban J connectivity index is 2.85. The molecule has 0 aromatic carbocycles. The minimum Gasteiger partial charge on any atom is -0.303 e. The molecule has 0 unspecified atom stereocenters. The third kappa shape index (κ3) is 13.7. The van der Waals surface area contributed by atoms with E-state index in [0.29, 0.717) is 6.42 Å². The maximum atomic E-state index is 10.1. The lowest BCUT2D eigenvalue weighted by Gasteiger charge is -2.01. The summed E-state index contributed by atoms with van der Waals surface area (Å²) in [5, 5.41) is 0. The van der Waals surface area contributed by atoms with Crippen molar-refractivity contribution in [3.63, 3.8) is 0 Å². The van der Waals surface area contributed by atoms with Crippen LogP contribution in [0.3, 0.4) is 0 Å². The second kappa shape index (κ2) is 14.7. The number of unbranched alkanes of at least 4 members (excludes halogenated alkanes) is 12. The van der Waals surface area contributed by atoms with Crippen LogP contribution < -0.4 is 0 Å². The van der Waals surface area contributed by atoms with Crippen molar-refractivity contribution in [2.24, 2.45) is 0 Å². The highest BCUT2D eigenvalue weighted by Crippen LogP contribution is 2.11. The molecule has 1 heteroatoms. The van der Waals surface area contributed by atoms with Crippen LogP contribution in [-0.2, 0) is 4.79 Å². The Morgan fingerprint density at radius 2 is 1.25 bits per heavy atom. The summed E-state index contributed by atoms with van der Waals surface area (Å²) < 4.78 is 0. The smallest absolute Gasteiger partial charge is 0.120 e. The first-order valence-corrected chi connectivity index (χ1v) is 7.17. The molecule has 1 nitrogen and oxygen atoms in total. The van der Waals surface area contributed by atoms with E-state index in [1.807, 2.05) is 0 Å². The lowest BCUT2D eigenvalue weighted by Crippen LogP contribution is -1.83. The fraction of sp³-hybridized carbons (Fsp3) is 0.867. The predicted molar refractivity (Wildman–Crippen MR) is 71.4 cm³/mol. The fourth-order valence-corrected chi connectivity index (χ4v) is 1.93. The van der Waals surface area contributed by atoms with Crippen molar-refractivity contribution >= 4 is 6.29 Å². The van der Waals surface area contributed by atoms with Crippen LogP contribution in [-0.4, -0.2) is 6.29 Å². The Morgan fingerprint density at radius 1 is 0.688 bits per heavy atom. The van der Waals surface area contributed by atoms with E-state index >= 15 is 0 Å². The summed E-state index contributed by atoms with van der Waals surface area (Å²) in [6.07, 6.45) is 18.7. The molecule has 0 aliphatic heterocycles. The first-order chi connectivity index (χ1) is 7.91. The van der Waals surface area contributed by atoms with Crippen molar-refractivity contribution in [1.29, 1.82) is 0 Å². The van der Waals surface area contributed by atoms with Gasteiger partial charge in [0.25, 0.3) is 0 Å². The zero-order valence-corrected chi connectivity index (χ0v) is 11.0. The molecule has 0 rings (SSSR count). The molecule has 0 aromatic heterocycles. The van der Waals surface area contributed by atoms with Crippen molar-refractivity contribution in [1.82, 2.24) is 0 Å². The molecule has 0 heterocycles. The van der Waals surface area contributed by atoms with E-state index < -0.39 is 0 Å². The summed E-state index contributed by atoms with van der Waals surface area (Å²) >= 11 is 0. The second-order valence-electron chi connectivity index (χ2n) is 4.65. The van der Waals surface area contributed by atoms with Gasteiger partial charge in [0.05, 0.1) is 0 Å². The van der Waals surface area contributed by atoms with Crippen LogP contribution in [0, 0.1) is 6.42 Å². The lowest BCUT2D eigenvalue weighted by atomic mass is 10.0. The van der Waals surface area contributed by atoms with Crippen LogP contribution >= 0.6 is 0 Å². The quantitative estimate of drug-likeness (QED) is 0.315. The molecular weight excluding hydrogens is 196 g/mol. The van der Waals surface area contributed by atoms with Gasteiger partial charge < -0.3 is 4.79 Å². The minimum atomic E-state index is 0.706. The highest BCUT2D eigenvalue weighted by molar-refractivity contribution is 5.49. The molecular formula is C15H29O. The molecule has 0 aliphatic rings. The third-order valence-corrected chi connectivity index (χ3v) is 3.00. The second-order valence-corrected chi connectivity index (χ2v) is 4.65. The van der Waals surface area contributed by atoms with Gasteiger partial charge in [0.1, 0.15) is 6.29 Å². The Kier molecular flexibility index (Phi) is 14.4. The molecule has 0 saturated heterocycles. The largest absolute Gasteiger partial charge is 0.303 e. The average Bonchev–Trinajstić information content (AvgIpc) is 2.31. The van der Waals surface area contributed by atoms with E-state index in [-0.39, 0.29) is 0 Å². The van der Waals surface area contributed by atoms with Gasteiger partial charge in [0.2, 0.25) is 0 Å². The van der Waals surface area contributed by atoms with E-state index in [1.54, 1.807) is 0 Å². The maximum Gasteiger partial charge on any atom is 0.120 e. The molecule has 0 amide bonds. The lowest BCUT2D eigenvalue weighted by molar-refractivity contribution is -0.107. The topological polar surface area (TPSA) is 17.1 Å². The third-order valence-electron chi connectivity index (χ3n) is 3.00. The summed E-state index contributed by atoms with van der Waals surface area (Å²) in [5.74, 6) is 0. The molecule has 0 saturated carbocycles. The summed E-state index contributed by atoms with van der Waals surface area (Å²) in [6.45, 7) is 2.26. The Labute approximate surface area is 102 Å². The fourth-order valence-electron chi connectivity index (χ4n) is 1.93. The normalized spacial score (nSPS) is 10.6. The summed E-state index contributed by atoms with van der Waals surface area (Å²) in [4.78, 5) is 10.1. The molecule has 95 valence electrons. The molecule has 0 atom stereocenters. The molecule has 0 bridgehead atoms. The van der Waals surface area contributed by atoms with Gasteiger partial charge in [-0.2, -0.15) is 0 Å². The van der Waals surface area contributed by atoms with Gasteiger partial charge in [-0.25, -0.2) is 0 Å². The average molecular weight is 225 g/mol. The van der Waals surface area contributed by atoms with Crippen molar-refractivity contribution < 1.29 is 4.79 Å². The molecule has 1 radical (unpaired) electrons. The van der Waals surface area contributed by atoms with Crippen LogP contribution in [0.15, 0.2) is 0 Å². The van der Waals surface area contributed by atoms with Gasteiger partial charge in [-0.1, -0.05) is 71.1 Å². The van der Waals surface area contributed by atoms with Gasteiger partial charge in [-0.05, 0) is 12.8 Å². The van der Waals surface area contributed by atoms with E-state index in [9.17, 15) is 4.79 Å². The standard InChI is InChI=1S/C15H29O/c1-2-3-4-5-6-7-8-9-10-11-12-13-14-15-16/h12,15H,2-11,13-14H2,1H3. The monoisotopic (exact) mass is 225 g/mol. The molecule has 16 heavy (non-hydrogen) atoms. The van der Waals surface area contributed by atoms with Crippen LogP contribution in [0.5, 0.6) is 0 Å². The highest BCUT2D eigenvalue weighted by Gasteiger charge is 1.93. The molecule has 0 aliphatic carbocycles. The van der Waals surface area contributed by atoms with Gasteiger partial charge in [0.15, 0.2) is 0 Å². The Bertz CT molecular complexity index is 131. The number of rotatable bonds is 13. The molecule has 0 spiro atoms. The minimum absolute atomic E-state index is 0.706. The van der Waals surface area contributed by atoms with E-state index in [1.165, 1.54) is 64.2 Å². The van der Waals surface area contributed by atoms with Crippen molar-refractivity contribution in [2.75, 3.05) is 0 Å². The van der Waals surface area contributed by atoms with E-state index in [4.69, 9.17) is 0 Å². The van der Waals surface area contributed by atoms with Gasteiger partial charge in [-0.15, -0.1) is 0 Å². The number of hydrogen-bond acceptors (Lipinski definition) is 1. The van der Waals surface area contributed by atoms with Crippen LogP contribution in [0.1, 0.15) is 84.0 Å². The number of carbonyl (C=O) groups is 1. The zero-order valence-electron chi connectivity index (χ0n) is 11.0.